The fourth-order valence-corrected chi connectivity index (χ4v) is 15.5. The fraction of sp³-hybridized carbons (Fsp3) is 1.00. The van der Waals surface area contributed by atoms with E-state index < -0.39 is 169 Å². The van der Waals surface area contributed by atoms with Crippen LogP contribution in [0.3, 0.4) is 0 Å². The highest BCUT2D eigenvalue weighted by Gasteiger charge is 2.74. The smallest absolute Gasteiger partial charge is 0.187 e. The van der Waals surface area contributed by atoms with Crippen molar-refractivity contribution in [3.8, 4) is 0 Å². The van der Waals surface area contributed by atoms with Crippen molar-refractivity contribution in [2.45, 2.75) is 234 Å². The number of ether oxygens (including phenoxy) is 7. The Kier molecular flexibility index (Phi) is 14.8. The molecule has 20 nitrogen and oxygen atoms in total. The Hall–Kier alpha value is -0.800. The van der Waals surface area contributed by atoms with Crippen molar-refractivity contribution < 1.29 is 99.5 Å². The Morgan fingerprint density at radius 3 is 1.76 bits per heavy atom. The predicted molar refractivity (Wildman–Crippen MR) is 234 cm³/mol. The van der Waals surface area contributed by atoms with Crippen LogP contribution in [0.5, 0.6) is 0 Å². The molecule has 4 saturated heterocycles. The van der Waals surface area contributed by atoms with Gasteiger partial charge in [0.05, 0.1) is 55.4 Å². The van der Waals surface area contributed by atoms with Gasteiger partial charge in [-0.1, -0.05) is 34.6 Å². The van der Waals surface area contributed by atoms with Crippen molar-refractivity contribution >= 4 is 0 Å². The molecule has 4 aliphatic heterocycles. The monoisotopic (exact) mass is 979 g/mol. The molecule has 0 aromatic rings. The third kappa shape index (κ3) is 8.56. The third-order valence-corrected chi connectivity index (χ3v) is 19.5. The van der Waals surface area contributed by atoms with Gasteiger partial charge in [-0.15, -0.1) is 0 Å². The van der Waals surface area contributed by atoms with Crippen molar-refractivity contribution in [1.82, 2.24) is 0 Å². The second kappa shape index (κ2) is 18.8. The molecule has 0 amide bonds. The van der Waals surface area contributed by atoms with Crippen LogP contribution >= 0.6 is 0 Å². The minimum Gasteiger partial charge on any atom is -0.394 e. The Bertz CT molecular complexity index is 1750. The van der Waals surface area contributed by atoms with Crippen LogP contribution in [-0.2, 0) is 33.2 Å². The Labute approximate surface area is 398 Å². The summed E-state index contributed by atoms with van der Waals surface area (Å²) in [7, 11) is 0. The molecule has 27 unspecified atom stereocenters. The summed E-state index contributed by atoms with van der Waals surface area (Å²) in [6.07, 6.45) is -22.9. The molecule has 8 fully saturated rings. The van der Waals surface area contributed by atoms with Crippen LogP contribution in [0.2, 0.25) is 0 Å². The highest BCUT2D eigenvalue weighted by Crippen LogP contribution is 2.76. The summed E-state index contributed by atoms with van der Waals surface area (Å²) in [5, 5.41) is 143. The first-order valence-electron chi connectivity index (χ1n) is 24.9. The first kappa shape index (κ1) is 53.5. The zero-order chi connectivity index (χ0) is 50.0. The summed E-state index contributed by atoms with van der Waals surface area (Å²) in [6.45, 7) is 14.3. The Morgan fingerprint density at radius 1 is 0.603 bits per heavy atom. The van der Waals surface area contributed by atoms with Crippen LogP contribution in [0.25, 0.3) is 0 Å². The molecule has 8 aliphatic rings. The second-order valence-corrected chi connectivity index (χ2v) is 24.1. The average molecular weight is 979 g/mol. The summed E-state index contributed by atoms with van der Waals surface area (Å²) in [5.41, 5.74) is -4.00. The van der Waals surface area contributed by atoms with Crippen molar-refractivity contribution in [3.63, 3.8) is 0 Å². The molecule has 4 heterocycles. The van der Waals surface area contributed by atoms with E-state index in [0.717, 1.165) is 19.3 Å². The third-order valence-electron chi connectivity index (χ3n) is 19.5. The summed E-state index contributed by atoms with van der Waals surface area (Å²) in [5.74, 6) is -0.676. The first-order valence-corrected chi connectivity index (χ1v) is 24.9. The molecule has 8 rings (SSSR count). The lowest BCUT2D eigenvalue weighted by Gasteiger charge is -2.72. The van der Waals surface area contributed by atoms with Gasteiger partial charge in [-0.05, 0) is 117 Å². The van der Waals surface area contributed by atoms with E-state index in [1.54, 1.807) is 13.8 Å². The number of hydrogen-bond donors (Lipinski definition) is 13. The van der Waals surface area contributed by atoms with Gasteiger partial charge in [0, 0.05) is 0 Å². The number of fused-ring (bicyclic) bond motifs is 5. The van der Waals surface area contributed by atoms with Crippen LogP contribution in [0.15, 0.2) is 0 Å². The van der Waals surface area contributed by atoms with Crippen molar-refractivity contribution in [1.29, 1.82) is 0 Å². The van der Waals surface area contributed by atoms with E-state index >= 15 is 0 Å². The molecule has 13 N–H and O–H groups in total. The SMILES string of the molecule is CC(C)(O)C1CCC(C)(C2CCC3(C)C2C(O)CC2C4(C)CCC(O)C(C)(C)C4C(OC4OC(COC5OC(CO)C(O)C(O)C5O)C(O)C(O)C4OC4OC(CO)C(O)C(O)C4O)CC23C)O1. The maximum Gasteiger partial charge on any atom is 0.187 e. The molecular formula is C48H82O20. The lowest BCUT2D eigenvalue weighted by atomic mass is 9.34. The van der Waals surface area contributed by atoms with Gasteiger partial charge < -0.3 is 99.5 Å². The van der Waals surface area contributed by atoms with E-state index in [0.29, 0.717) is 32.1 Å². The van der Waals surface area contributed by atoms with Gasteiger partial charge in [0.2, 0.25) is 0 Å². The molecule has 0 spiro atoms. The molecule has 20 heteroatoms. The summed E-state index contributed by atoms with van der Waals surface area (Å²) in [6, 6.07) is 0. The van der Waals surface area contributed by atoms with Crippen molar-refractivity contribution in [2.75, 3.05) is 19.8 Å². The minimum absolute atomic E-state index is 0.0266. The van der Waals surface area contributed by atoms with Crippen LogP contribution < -0.4 is 0 Å². The molecule has 0 aromatic carbocycles. The average Bonchev–Trinajstić information content (AvgIpc) is 3.88. The molecule has 4 aliphatic carbocycles. The van der Waals surface area contributed by atoms with E-state index in [2.05, 4.69) is 27.7 Å². The normalized spacial score (nSPS) is 56.2. The summed E-state index contributed by atoms with van der Waals surface area (Å²) < 4.78 is 43.7. The number of aliphatic hydroxyl groups excluding tert-OH is 12. The molecule has 68 heavy (non-hydrogen) atoms. The van der Waals surface area contributed by atoms with E-state index in [9.17, 15) is 66.4 Å². The zero-order valence-electron chi connectivity index (χ0n) is 40.7. The van der Waals surface area contributed by atoms with Crippen LogP contribution in [-0.4, -0.2) is 214 Å². The van der Waals surface area contributed by atoms with Crippen LogP contribution in [0.1, 0.15) is 107 Å². The van der Waals surface area contributed by atoms with Crippen molar-refractivity contribution in [3.05, 3.63) is 0 Å². The molecular weight excluding hydrogens is 897 g/mol. The molecule has 27 atom stereocenters. The number of aliphatic hydroxyl groups is 13. The predicted octanol–water partition coefficient (Wildman–Crippen LogP) is -1.84. The molecule has 0 bridgehead atoms. The van der Waals surface area contributed by atoms with Gasteiger partial charge in [0.25, 0.3) is 0 Å². The largest absolute Gasteiger partial charge is 0.394 e. The Morgan fingerprint density at radius 2 is 1.18 bits per heavy atom. The van der Waals surface area contributed by atoms with Gasteiger partial charge in [-0.25, -0.2) is 0 Å². The van der Waals surface area contributed by atoms with E-state index in [1.165, 1.54) is 0 Å². The highest BCUT2D eigenvalue weighted by molar-refractivity contribution is 5.22. The van der Waals surface area contributed by atoms with Gasteiger partial charge in [0.1, 0.15) is 73.2 Å². The highest BCUT2D eigenvalue weighted by atomic mass is 16.8. The second-order valence-electron chi connectivity index (χ2n) is 24.1. The van der Waals surface area contributed by atoms with Crippen molar-refractivity contribution in [2.24, 2.45) is 45.3 Å². The minimum atomic E-state index is -1.90. The quantitative estimate of drug-likeness (QED) is 0.101. The van der Waals surface area contributed by atoms with Crippen LogP contribution in [0.4, 0.5) is 0 Å². The summed E-state index contributed by atoms with van der Waals surface area (Å²) in [4.78, 5) is 0. The molecule has 0 radical (unpaired) electrons. The van der Waals surface area contributed by atoms with Gasteiger partial charge >= 0.3 is 0 Å². The summed E-state index contributed by atoms with van der Waals surface area (Å²) >= 11 is 0. The molecule has 0 aromatic heterocycles. The van der Waals surface area contributed by atoms with Gasteiger partial charge in [0.15, 0.2) is 18.9 Å². The maximum atomic E-state index is 12.5. The van der Waals surface area contributed by atoms with E-state index in [1.807, 2.05) is 13.8 Å². The topological polar surface area (TPSA) is 328 Å². The van der Waals surface area contributed by atoms with Gasteiger partial charge in [-0.3, -0.25) is 0 Å². The number of rotatable bonds is 11. The van der Waals surface area contributed by atoms with Crippen LogP contribution in [0, 0.1) is 45.3 Å². The van der Waals surface area contributed by atoms with Gasteiger partial charge in [-0.2, -0.15) is 0 Å². The Balaban J connectivity index is 1.15. The fourth-order valence-electron chi connectivity index (χ4n) is 15.5. The molecule has 4 saturated carbocycles. The van der Waals surface area contributed by atoms with E-state index in [4.69, 9.17) is 33.2 Å². The lowest BCUT2D eigenvalue weighted by molar-refractivity contribution is -0.387. The maximum absolute atomic E-state index is 12.5. The standard InChI is InChI=1S/C48H82O20/c1-43(2)27(52)10-12-45(5)26-15-21(51)29-20(48(8)14-11-28(68-48)44(3,4)61)9-13-46(29,6)47(26,7)16-22(39(43)45)63-42-38(67-41-37(60)34(57)31(54)24(18-50)65-41)35(58)32(55)25(66-42)19-62-40-36(59)33(56)30(53)23(17-49)64-40/h20-42,49-61H,9-19H2,1-8H3. The zero-order valence-corrected chi connectivity index (χ0v) is 40.7. The van der Waals surface area contributed by atoms with E-state index in [-0.39, 0.29) is 23.9 Å². The molecule has 394 valence electrons. The lowest BCUT2D eigenvalue weighted by Crippen LogP contribution is -2.71. The number of hydrogen-bond acceptors (Lipinski definition) is 20. The first-order chi connectivity index (χ1) is 31.6.